The van der Waals surface area contributed by atoms with Gasteiger partial charge in [-0.05, 0) is 37.8 Å². The molecule has 0 aliphatic heterocycles. The Hall–Kier alpha value is -1.35. The fraction of sp³-hybridized carbons (Fsp3) is 0.533. The Morgan fingerprint density at radius 3 is 2.78 bits per heavy atom. The number of carbonyl (C=O) groups is 1. The summed E-state index contributed by atoms with van der Waals surface area (Å²) in [5, 5.41) is 6.21. The van der Waals surface area contributed by atoms with E-state index in [9.17, 15) is 4.79 Å². The molecule has 1 atom stereocenters. The van der Waals surface area contributed by atoms with Crippen LogP contribution in [-0.4, -0.2) is 18.5 Å². The molecule has 98 valence electrons. The number of benzene rings is 1. The van der Waals surface area contributed by atoms with Crippen molar-refractivity contribution in [2.75, 3.05) is 11.9 Å². The minimum Gasteiger partial charge on any atom is -0.325 e. The standard InChI is InChI=1S/C15H22N2O/c1-11-5-3-4-6-14(11)17-15(18)10-16-12(2)9-13-7-8-13/h3-6,12-13,16H,7-10H2,1-2H3,(H,17,18). The highest BCUT2D eigenvalue weighted by Crippen LogP contribution is 2.33. The van der Waals surface area contributed by atoms with Crippen LogP contribution in [0.25, 0.3) is 0 Å². The van der Waals surface area contributed by atoms with Crippen molar-refractivity contribution < 1.29 is 4.79 Å². The van der Waals surface area contributed by atoms with Crippen molar-refractivity contribution in [2.24, 2.45) is 5.92 Å². The van der Waals surface area contributed by atoms with Crippen LogP contribution in [0, 0.1) is 12.8 Å². The summed E-state index contributed by atoms with van der Waals surface area (Å²) in [5.41, 5.74) is 2.00. The van der Waals surface area contributed by atoms with E-state index in [2.05, 4.69) is 17.6 Å². The van der Waals surface area contributed by atoms with Crippen molar-refractivity contribution in [2.45, 2.75) is 39.2 Å². The number of amides is 1. The third-order valence-electron chi connectivity index (χ3n) is 3.41. The summed E-state index contributed by atoms with van der Waals surface area (Å²) in [5.74, 6) is 0.930. The lowest BCUT2D eigenvalue weighted by atomic mass is 10.1. The fourth-order valence-corrected chi connectivity index (χ4v) is 2.11. The molecule has 1 saturated carbocycles. The number of carbonyl (C=O) groups excluding carboxylic acids is 1. The molecule has 3 nitrogen and oxygen atoms in total. The van der Waals surface area contributed by atoms with E-state index in [0.717, 1.165) is 17.2 Å². The fourth-order valence-electron chi connectivity index (χ4n) is 2.11. The van der Waals surface area contributed by atoms with E-state index in [4.69, 9.17) is 0 Å². The van der Waals surface area contributed by atoms with E-state index in [-0.39, 0.29) is 5.91 Å². The Bertz CT molecular complexity index is 413. The second-order valence-electron chi connectivity index (χ2n) is 5.32. The number of para-hydroxylation sites is 1. The maximum Gasteiger partial charge on any atom is 0.238 e. The average Bonchev–Trinajstić information content (AvgIpc) is 3.13. The Morgan fingerprint density at radius 2 is 2.11 bits per heavy atom. The Labute approximate surface area is 109 Å². The van der Waals surface area contributed by atoms with Crippen molar-refractivity contribution in [3.63, 3.8) is 0 Å². The van der Waals surface area contributed by atoms with Gasteiger partial charge < -0.3 is 10.6 Å². The van der Waals surface area contributed by atoms with Crippen molar-refractivity contribution in [1.29, 1.82) is 0 Å². The molecule has 18 heavy (non-hydrogen) atoms. The second kappa shape index (κ2) is 6.01. The molecule has 1 fully saturated rings. The van der Waals surface area contributed by atoms with Crippen molar-refractivity contribution >= 4 is 11.6 Å². The predicted molar refractivity (Wildman–Crippen MR) is 74.6 cm³/mol. The molecule has 1 amide bonds. The van der Waals surface area contributed by atoms with E-state index in [0.29, 0.717) is 12.6 Å². The molecule has 0 saturated heterocycles. The smallest absolute Gasteiger partial charge is 0.238 e. The molecule has 3 heteroatoms. The maximum atomic E-state index is 11.8. The lowest BCUT2D eigenvalue weighted by Crippen LogP contribution is -2.34. The summed E-state index contributed by atoms with van der Waals surface area (Å²) in [6.07, 6.45) is 3.92. The van der Waals surface area contributed by atoms with Crippen LogP contribution >= 0.6 is 0 Å². The zero-order chi connectivity index (χ0) is 13.0. The lowest BCUT2D eigenvalue weighted by molar-refractivity contribution is -0.115. The molecule has 1 aromatic carbocycles. The number of rotatable bonds is 6. The van der Waals surface area contributed by atoms with Crippen molar-refractivity contribution in [3.8, 4) is 0 Å². The van der Waals surface area contributed by atoms with Crippen LogP contribution in [0.4, 0.5) is 5.69 Å². The van der Waals surface area contributed by atoms with Crippen LogP contribution in [0.1, 0.15) is 31.7 Å². The molecule has 0 bridgehead atoms. The molecule has 2 N–H and O–H groups in total. The first kappa shape index (κ1) is 13.1. The van der Waals surface area contributed by atoms with Crippen LogP contribution in [0.15, 0.2) is 24.3 Å². The minimum atomic E-state index is 0.0342. The van der Waals surface area contributed by atoms with E-state index >= 15 is 0 Å². The predicted octanol–water partition coefficient (Wildman–Crippen LogP) is 2.71. The molecule has 1 aliphatic carbocycles. The monoisotopic (exact) mass is 246 g/mol. The Morgan fingerprint density at radius 1 is 1.39 bits per heavy atom. The van der Waals surface area contributed by atoms with E-state index < -0.39 is 0 Å². The molecule has 1 unspecified atom stereocenters. The number of anilines is 1. The first-order valence-corrected chi connectivity index (χ1v) is 6.74. The highest BCUT2D eigenvalue weighted by molar-refractivity contribution is 5.92. The zero-order valence-corrected chi connectivity index (χ0v) is 11.2. The van der Waals surface area contributed by atoms with Gasteiger partial charge in [0.1, 0.15) is 0 Å². The number of hydrogen-bond donors (Lipinski definition) is 2. The average molecular weight is 246 g/mol. The summed E-state index contributed by atoms with van der Waals surface area (Å²) in [6, 6.07) is 8.27. The SMILES string of the molecule is Cc1ccccc1NC(=O)CNC(C)CC1CC1. The Kier molecular flexibility index (Phi) is 4.37. The van der Waals surface area contributed by atoms with Gasteiger partial charge in [0.25, 0.3) is 0 Å². The maximum absolute atomic E-state index is 11.8. The van der Waals surface area contributed by atoms with Gasteiger partial charge in [0.2, 0.25) is 5.91 Å². The molecule has 0 heterocycles. The summed E-state index contributed by atoms with van der Waals surface area (Å²) >= 11 is 0. The van der Waals surface area contributed by atoms with Gasteiger partial charge in [-0.1, -0.05) is 31.0 Å². The van der Waals surface area contributed by atoms with Gasteiger partial charge in [-0.2, -0.15) is 0 Å². The van der Waals surface area contributed by atoms with Gasteiger partial charge in [0.15, 0.2) is 0 Å². The highest BCUT2D eigenvalue weighted by Gasteiger charge is 2.23. The zero-order valence-electron chi connectivity index (χ0n) is 11.2. The topological polar surface area (TPSA) is 41.1 Å². The Balaban J connectivity index is 1.73. The molecule has 0 radical (unpaired) electrons. The van der Waals surface area contributed by atoms with Crippen molar-refractivity contribution in [3.05, 3.63) is 29.8 Å². The van der Waals surface area contributed by atoms with Crippen LogP contribution in [-0.2, 0) is 4.79 Å². The molecule has 0 spiro atoms. The second-order valence-corrected chi connectivity index (χ2v) is 5.32. The molecular weight excluding hydrogens is 224 g/mol. The molecule has 1 aromatic rings. The largest absolute Gasteiger partial charge is 0.325 e. The first-order valence-electron chi connectivity index (χ1n) is 6.74. The third kappa shape index (κ3) is 4.15. The van der Waals surface area contributed by atoms with Crippen molar-refractivity contribution in [1.82, 2.24) is 5.32 Å². The molecule has 2 rings (SSSR count). The highest BCUT2D eigenvalue weighted by atomic mass is 16.1. The van der Waals surface area contributed by atoms with E-state index in [1.165, 1.54) is 19.3 Å². The third-order valence-corrected chi connectivity index (χ3v) is 3.41. The number of aryl methyl sites for hydroxylation is 1. The molecule has 0 aromatic heterocycles. The van der Waals surface area contributed by atoms with Gasteiger partial charge >= 0.3 is 0 Å². The minimum absolute atomic E-state index is 0.0342. The van der Waals surface area contributed by atoms with E-state index in [1.807, 2.05) is 31.2 Å². The van der Waals surface area contributed by atoms with Crippen LogP contribution in [0.3, 0.4) is 0 Å². The first-order chi connectivity index (χ1) is 8.65. The molecule has 1 aliphatic rings. The van der Waals surface area contributed by atoms with Crippen LogP contribution in [0.5, 0.6) is 0 Å². The summed E-state index contributed by atoms with van der Waals surface area (Å²) in [4.78, 5) is 11.8. The van der Waals surface area contributed by atoms with Crippen LogP contribution < -0.4 is 10.6 Å². The van der Waals surface area contributed by atoms with Gasteiger partial charge in [-0.3, -0.25) is 4.79 Å². The normalized spacial score (nSPS) is 16.3. The van der Waals surface area contributed by atoms with Gasteiger partial charge in [0, 0.05) is 11.7 Å². The van der Waals surface area contributed by atoms with Crippen LogP contribution in [0.2, 0.25) is 0 Å². The quantitative estimate of drug-likeness (QED) is 0.810. The summed E-state index contributed by atoms with van der Waals surface area (Å²) < 4.78 is 0. The summed E-state index contributed by atoms with van der Waals surface area (Å²) in [7, 11) is 0. The van der Waals surface area contributed by atoms with E-state index in [1.54, 1.807) is 0 Å². The number of hydrogen-bond acceptors (Lipinski definition) is 2. The van der Waals surface area contributed by atoms with Gasteiger partial charge in [-0.25, -0.2) is 0 Å². The number of nitrogens with one attached hydrogen (secondary N) is 2. The summed E-state index contributed by atoms with van der Waals surface area (Å²) in [6.45, 7) is 4.54. The van der Waals surface area contributed by atoms with Gasteiger partial charge in [0.05, 0.1) is 6.54 Å². The van der Waals surface area contributed by atoms with Gasteiger partial charge in [-0.15, -0.1) is 0 Å². The lowest BCUT2D eigenvalue weighted by Gasteiger charge is -2.13. The molecular formula is C15H22N2O.